The highest BCUT2D eigenvalue weighted by atomic mass is 32.2. The van der Waals surface area contributed by atoms with E-state index in [1.165, 1.54) is 45.6 Å². The molecule has 4 rings (SSSR count). The SMILES string of the molecule is FC(F)F.c1ccc(COc2ccc([S+]3CCCC3)c3ccccc23)cc1. The summed E-state index contributed by atoms with van der Waals surface area (Å²) < 4.78 is 35.1. The maximum atomic E-state index is 9.67. The van der Waals surface area contributed by atoms with Gasteiger partial charge in [0.2, 0.25) is 0 Å². The third kappa shape index (κ3) is 5.42. The monoisotopic (exact) mass is 391 g/mol. The zero-order valence-electron chi connectivity index (χ0n) is 14.9. The van der Waals surface area contributed by atoms with E-state index in [2.05, 4.69) is 60.7 Å². The summed E-state index contributed by atoms with van der Waals surface area (Å²) in [4.78, 5) is 1.53. The van der Waals surface area contributed by atoms with Gasteiger partial charge in [-0.25, -0.2) is 0 Å². The van der Waals surface area contributed by atoms with Gasteiger partial charge in [0.15, 0.2) is 4.90 Å². The number of hydrogen-bond acceptors (Lipinski definition) is 1. The molecular weight excluding hydrogens is 369 g/mol. The molecule has 0 atom stereocenters. The Labute approximate surface area is 160 Å². The molecule has 1 saturated heterocycles. The zero-order valence-corrected chi connectivity index (χ0v) is 15.7. The second-order valence-corrected chi connectivity index (χ2v) is 8.48. The summed E-state index contributed by atoms with van der Waals surface area (Å²) in [6.07, 6.45) is 2.76. The van der Waals surface area contributed by atoms with Crippen molar-refractivity contribution in [2.75, 3.05) is 11.5 Å². The first kappa shape index (κ1) is 19.6. The van der Waals surface area contributed by atoms with Gasteiger partial charge >= 0.3 is 6.68 Å². The second-order valence-electron chi connectivity index (χ2n) is 6.24. The Morgan fingerprint density at radius 2 is 1.37 bits per heavy atom. The summed E-state index contributed by atoms with van der Waals surface area (Å²) in [5, 5.41) is 2.63. The summed E-state index contributed by atoms with van der Waals surface area (Å²) >= 11 is 0. The van der Waals surface area contributed by atoms with Crippen LogP contribution in [0.2, 0.25) is 0 Å². The van der Waals surface area contributed by atoms with Gasteiger partial charge in [-0.1, -0.05) is 48.5 Å². The molecule has 0 aliphatic carbocycles. The summed E-state index contributed by atoms with van der Waals surface area (Å²) in [5.74, 6) is 3.71. The van der Waals surface area contributed by atoms with E-state index in [4.69, 9.17) is 4.74 Å². The summed E-state index contributed by atoms with van der Waals surface area (Å²) in [5.41, 5.74) is 1.21. The molecule has 27 heavy (non-hydrogen) atoms. The van der Waals surface area contributed by atoms with Crippen molar-refractivity contribution in [2.45, 2.75) is 31.0 Å². The van der Waals surface area contributed by atoms with Gasteiger partial charge in [0.25, 0.3) is 0 Å². The Kier molecular flexibility index (Phi) is 7.04. The van der Waals surface area contributed by atoms with Crippen LogP contribution in [0.3, 0.4) is 0 Å². The maximum absolute atomic E-state index is 9.67. The van der Waals surface area contributed by atoms with Crippen molar-refractivity contribution >= 4 is 21.7 Å². The Morgan fingerprint density at radius 1 is 0.778 bits per heavy atom. The fraction of sp³-hybridized carbons (Fsp3) is 0.273. The molecule has 0 aromatic heterocycles. The molecule has 0 radical (unpaired) electrons. The highest BCUT2D eigenvalue weighted by Crippen LogP contribution is 2.34. The van der Waals surface area contributed by atoms with Gasteiger partial charge in [-0.15, -0.1) is 0 Å². The molecule has 0 spiro atoms. The molecule has 0 unspecified atom stereocenters. The van der Waals surface area contributed by atoms with Crippen molar-refractivity contribution in [3.8, 4) is 5.75 Å². The minimum Gasteiger partial charge on any atom is -0.488 e. The van der Waals surface area contributed by atoms with Crippen LogP contribution < -0.4 is 4.74 Å². The lowest BCUT2D eigenvalue weighted by atomic mass is 10.1. The van der Waals surface area contributed by atoms with Crippen LogP contribution in [0.15, 0.2) is 71.6 Å². The summed E-state index contributed by atoms with van der Waals surface area (Å²) in [6, 6.07) is 23.5. The van der Waals surface area contributed by atoms with E-state index in [-0.39, 0.29) is 0 Å². The van der Waals surface area contributed by atoms with E-state index in [1.54, 1.807) is 0 Å². The van der Waals surface area contributed by atoms with Gasteiger partial charge in [0.1, 0.15) is 23.9 Å². The van der Waals surface area contributed by atoms with Crippen LogP contribution in [0.1, 0.15) is 18.4 Å². The van der Waals surface area contributed by atoms with Crippen LogP contribution in [0.25, 0.3) is 10.8 Å². The van der Waals surface area contributed by atoms with Crippen LogP contribution in [-0.4, -0.2) is 18.2 Å². The Hall–Kier alpha value is -2.14. The molecule has 1 aliphatic rings. The molecule has 1 nitrogen and oxygen atoms in total. The first-order chi connectivity index (χ1) is 13.1. The van der Waals surface area contributed by atoms with E-state index in [9.17, 15) is 13.2 Å². The Bertz CT molecular complexity index is 846. The first-order valence-electron chi connectivity index (χ1n) is 8.93. The Balaban J connectivity index is 0.000000481. The number of alkyl halides is 3. The van der Waals surface area contributed by atoms with Gasteiger partial charge in [0.05, 0.1) is 0 Å². The third-order valence-corrected chi connectivity index (χ3v) is 6.96. The van der Waals surface area contributed by atoms with Gasteiger partial charge in [-0.05, 0) is 36.6 Å². The van der Waals surface area contributed by atoms with Crippen molar-refractivity contribution in [3.63, 3.8) is 0 Å². The number of halogens is 3. The summed E-state index contributed by atoms with van der Waals surface area (Å²) in [7, 11) is 0.431. The van der Waals surface area contributed by atoms with E-state index in [0.29, 0.717) is 17.5 Å². The minimum atomic E-state index is -3.67. The lowest BCUT2D eigenvalue weighted by Crippen LogP contribution is -2.05. The smallest absolute Gasteiger partial charge is 0.379 e. The fourth-order valence-corrected chi connectivity index (χ4v) is 5.73. The average molecular weight is 391 g/mol. The average Bonchev–Trinajstić information content (AvgIpc) is 3.21. The number of ether oxygens (including phenoxy) is 1. The first-order valence-corrected chi connectivity index (χ1v) is 10.5. The largest absolute Gasteiger partial charge is 0.488 e. The molecule has 1 fully saturated rings. The van der Waals surface area contributed by atoms with Crippen LogP contribution >= 0.6 is 0 Å². The lowest BCUT2D eigenvalue weighted by molar-refractivity contribution is 0.00819. The number of fused-ring (bicyclic) bond motifs is 1. The van der Waals surface area contributed by atoms with Crippen molar-refractivity contribution < 1.29 is 17.9 Å². The van der Waals surface area contributed by atoms with Crippen molar-refractivity contribution in [3.05, 3.63) is 72.3 Å². The van der Waals surface area contributed by atoms with Gasteiger partial charge in [0, 0.05) is 21.7 Å². The molecule has 3 aromatic rings. The molecule has 0 saturated carbocycles. The van der Waals surface area contributed by atoms with Crippen LogP contribution in [0.5, 0.6) is 5.75 Å². The highest BCUT2D eigenvalue weighted by molar-refractivity contribution is 7.97. The molecule has 0 amide bonds. The van der Waals surface area contributed by atoms with Crippen LogP contribution in [0.4, 0.5) is 13.2 Å². The molecular formula is C22H22F3OS+. The molecule has 3 aromatic carbocycles. The molecule has 1 heterocycles. The minimum absolute atomic E-state index is 0.431. The topological polar surface area (TPSA) is 9.23 Å². The molecule has 5 heteroatoms. The van der Waals surface area contributed by atoms with Gasteiger partial charge in [-0.2, -0.15) is 13.2 Å². The molecule has 0 N–H and O–H groups in total. The number of benzene rings is 3. The third-order valence-electron chi connectivity index (χ3n) is 4.42. The molecule has 142 valence electrons. The summed E-state index contributed by atoms with van der Waals surface area (Å²) in [6.45, 7) is -3.05. The van der Waals surface area contributed by atoms with Gasteiger partial charge in [-0.3, -0.25) is 0 Å². The van der Waals surface area contributed by atoms with E-state index in [1.807, 2.05) is 6.07 Å². The van der Waals surface area contributed by atoms with E-state index < -0.39 is 6.68 Å². The Morgan fingerprint density at radius 3 is 2.04 bits per heavy atom. The molecule has 1 aliphatic heterocycles. The maximum Gasteiger partial charge on any atom is 0.379 e. The van der Waals surface area contributed by atoms with E-state index in [0.717, 1.165) is 5.75 Å². The van der Waals surface area contributed by atoms with Crippen LogP contribution in [-0.2, 0) is 17.5 Å². The second kappa shape index (κ2) is 9.70. The van der Waals surface area contributed by atoms with Crippen LogP contribution in [0, 0.1) is 0 Å². The van der Waals surface area contributed by atoms with Gasteiger partial charge < -0.3 is 4.74 Å². The number of hydrogen-bond donors (Lipinski definition) is 0. The molecule has 0 bridgehead atoms. The lowest BCUT2D eigenvalue weighted by Gasteiger charge is -2.12. The quantitative estimate of drug-likeness (QED) is 0.470. The highest BCUT2D eigenvalue weighted by Gasteiger charge is 2.29. The standard InChI is InChI=1S/C21H21OS.CHF3/c1-2-8-17(9-3-1)16-22-20-12-13-21(23-14-6-7-15-23)19-11-5-4-10-18(19)20;2-1(3)4/h1-5,8-13H,6-7,14-16H2;1H/q+1;. The van der Waals surface area contributed by atoms with Crippen molar-refractivity contribution in [2.24, 2.45) is 0 Å². The van der Waals surface area contributed by atoms with Crippen molar-refractivity contribution in [1.29, 1.82) is 0 Å². The predicted octanol–water partition coefficient (Wildman–Crippen LogP) is 6.37. The fourth-order valence-electron chi connectivity index (χ4n) is 3.23. The van der Waals surface area contributed by atoms with Crippen molar-refractivity contribution in [1.82, 2.24) is 0 Å². The zero-order chi connectivity index (χ0) is 19.1. The van der Waals surface area contributed by atoms with E-state index >= 15 is 0 Å². The predicted molar refractivity (Wildman–Crippen MR) is 106 cm³/mol. The number of rotatable bonds is 4. The normalized spacial score (nSPS) is 14.2.